The van der Waals surface area contributed by atoms with Crippen molar-refractivity contribution in [3.8, 4) is 33.4 Å². The van der Waals surface area contributed by atoms with E-state index in [4.69, 9.17) is 8.83 Å². The van der Waals surface area contributed by atoms with Gasteiger partial charge in [-0.25, -0.2) is 0 Å². The first kappa shape index (κ1) is 40.7. The smallest absolute Gasteiger partial charge is 0.492 e. The van der Waals surface area contributed by atoms with Crippen LogP contribution in [0.2, 0.25) is 0 Å². The normalized spacial score (nSPS) is 10.8. The van der Waals surface area contributed by atoms with Crippen LogP contribution in [0.4, 0.5) is 0 Å². The van der Waals surface area contributed by atoms with Gasteiger partial charge in [-0.15, -0.1) is 0 Å². The second kappa shape index (κ2) is 18.4. The fourth-order valence-corrected chi connectivity index (χ4v) is 8.42. The summed E-state index contributed by atoms with van der Waals surface area (Å²) in [5, 5.41) is 22.7. The summed E-state index contributed by atoms with van der Waals surface area (Å²) in [6.07, 6.45) is 0. The lowest BCUT2D eigenvalue weighted by atomic mass is 9.79. The third kappa shape index (κ3) is 8.55. The van der Waals surface area contributed by atoms with Crippen LogP contribution >= 0.6 is 47.8 Å². The molecule has 2 heterocycles. The minimum Gasteiger partial charge on any atom is -1.00 e. The number of rotatable bonds is 4. The Hall–Kier alpha value is -4.49. The third-order valence-corrected chi connectivity index (χ3v) is 11.6. The van der Waals surface area contributed by atoms with E-state index in [2.05, 4.69) is 145 Å². The van der Waals surface area contributed by atoms with Gasteiger partial charge in [-0.2, -0.15) is 0 Å². The molecule has 0 aliphatic carbocycles. The van der Waals surface area contributed by atoms with E-state index >= 15 is 0 Å². The van der Waals surface area contributed by atoms with Gasteiger partial charge in [0, 0.05) is 46.0 Å². The molecule has 0 aliphatic heterocycles. The molecule has 0 spiro atoms. The molecule has 280 valence electrons. The van der Waals surface area contributed by atoms with Gasteiger partial charge in [-0.3, -0.25) is 0 Å². The molecular weight excluding hydrogens is 1020 g/mol. The van der Waals surface area contributed by atoms with Gasteiger partial charge in [0.25, 0.3) is 0 Å². The second-order valence-electron chi connectivity index (χ2n) is 13.0. The molecule has 0 atom stereocenters. The lowest BCUT2D eigenvalue weighted by molar-refractivity contribution is -0.0000138. The molecule has 2 N–H and O–H groups in total. The summed E-state index contributed by atoms with van der Waals surface area (Å²) in [7, 11) is -1.51. The maximum atomic E-state index is 9.24. The van der Waals surface area contributed by atoms with E-state index in [0.717, 1.165) is 57.3 Å². The van der Waals surface area contributed by atoms with Crippen LogP contribution in [0, 0.1) is 0 Å². The predicted molar refractivity (Wildman–Crippen MR) is 243 cm³/mol. The van der Waals surface area contributed by atoms with Crippen LogP contribution in [0.5, 0.6) is 0 Å². The number of para-hydroxylation sites is 4. The molecular formula is C48H32BBr3IO4-. The van der Waals surface area contributed by atoms with Gasteiger partial charge >= 0.3 is 7.12 Å². The zero-order chi connectivity index (χ0) is 38.6. The minimum absolute atomic E-state index is 0. The van der Waals surface area contributed by atoms with E-state index in [9.17, 15) is 10.0 Å². The first-order valence-corrected chi connectivity index (χ1v) is 20.3. The predicted octanol–water partition coefficient (Wildman–Crippen LogP) is 10.8. The monoisotopic (exact) mass is 1050 g/mol. The van der Waals surface area contributed by atoms with E-state index in [-0.39, 0.29) is 24.0 Å². The Labute approximate surface area is 372 Å². The van der Waals surface area contributed by atoms with E-state index in [1.807, 2.05) is 72.8 Å². The first-order valence-electron chi connectivity index (χ1n) is 17.9. The highest BCUT2D eigenvalue weighted by Gasteiger charge is 2.19. The molecule has 0 bridgehead atoms. The Balaban J connectivity index is 0.000000138. The molecule has 4 nitrogen and oxygen atoms in total. The van der Waals surface area contributed by atoms with E-state index in [1.165, 1.54) is 27.8 Å². The van der Waals surface area contributed by atoms with Crippen molar-refractivity contribution in [3.63, 3.8) is 0 Å². The first-order chi connectivity index (χ1) is 27.4. The largest absolute Gasteiger partial charge is 1.00 e. The van der Waals surface area contributed by atoms with Gasteiger partial charge in [0.2, 0.25) is 0 Å². The van der Waals surface area contributed by atoms with Gasteiger partial charge in [-0.05, 0) is 58.1 Å². The van der Waals surface area contributed by atoms with Gasteiger partial charge in [0.15, 0.2) is 0 Å². The van der Waals surface area contributed by atoms with Gasteiger partial charge < -0.3 is 42.9 Å². The lowest BCUT2D eigenvalue weighted by Gasteiger charge is -2.12. The summed E-state index contributed by atoms with van der Waals surface area (Å²) < 4.78 is 15.2. The summed E-state index contributed by atoms with van der Waals surface area (Å²) in [6.45, 7) is 0. The molecule has 0 saturated heterocycles. The van der Waals surface area contributed by atoms with Crippen LogP contribution in [-0.2, 0) is 0 Å². The Morgan fingerprint density at radius 2 is 0.667 bits per heavy atom. The van der Waals surface area contributed by atoms with E-state index < -0.39 is 7.12 Å². The molecule has 0 saturated carbocycles. The maximum Gasteiger partial charge on any atom is 0.492 e. The number of furan rings is 2. The molecule has 10 rings (SSSR count). The number of benzene rings is 8. The number of hydrogen-bond acceptors (Lipinski definition) is 4. The number of fused-ring (bicyclic) bond motifs is 6. The Morgan fingerprint density at radius 3 is 1.16 bits per heavy atom. The van der Waals surface area contributed by atoms with Crippen LogP contribution in [0.3, 0.4) is 0 Å². The van der Waals surface area contributed by atoms with Crippen molar-refractivity contribution < 1.29 is 42.9 Å². The van der Waals surface area contributed by atoms with Crippen molar-refractivity contribution in [2.45, 2.75) is 0 Å². The van der Waals surface area contributed by atoms with Crippen molar-refractivity contribution in [1.82, 2.24) is 0 Å². The van der Waals surface area contributed by atoms with Crippen molar-refractivity contribution in [3.05, 3.63) is 195 Å². The highest BCUT2D eigenvalue weighted by Crippen LogP contribution is 2.41. The fraction of sp³-hybridized carbons (Fsp3) is 0. The Bertz CT molecular complexity index is 2930. The molecule has 9 heteroatoms. The fourth-order valence-electron chi connectivity index (χ4n) is 6.92. The van der Waals surface area contributed by atoms with Gasteiger partial charge in [0.05, 0.1) is 0 Å². The molecule has 57 heavy (non-hydrogen) atoms. The average molecular weight is 1050 g/mol. The second-order valence-corrected chi connectivity index (χ2v) is 15.5. The standard InChI is InChI=1S/C24H15BrO.C12H9BO3.C12H8Br2.HI/c25-22-14-5-3-10-18(22)16-8-1-2-9-17(16)20-12-7-13-21-19-11-4-6-15-23(19)26-24(20)21;14-13(15)10-6-3-5-9-8-4-1-2-7-11(8)16-12(9)10;13-11-7-3-1-5-9(11)10-6-2-4-8-12(10)14;/h1-15H;1-7,14-15H;1-8H;1H/p-1. The third-order valence-electron chi connectivity index (χ3n) is 9.54. The zero-order valence-corrected chi connectivity index (χ0v) is 37.0. The van der Waals surface area contributed by atoms with Gasteiger partial charge in [0.1, 0.15) is 22.3 Å². The van der Waals surface area contributed by atoms with Gasteiger partial charge in [-0.1, -0.05) is 199 Å². The van der Waals surface area contributed by atoms with Crippen LogP contribution in [-0.4, -0.2) is 17.2 Å². The summed E-state index contributed by atoms with van der Waals surface area (Å²) >= 11 is 10.8. The molecule has 0 radical (unpaired) electrons. The lowest BCUT2D eigenvalue weighted by Crippen LogP contribution is -3.00. The molecule has 0 unspecified atom stereocenters. The molecule has 0 amide bonds. The molecule has 0 fully saturated rings. The van der Waals surface area contributed by atoms with Crippen molar-refractivity contribution in [2.75, 3.05) is 0 Å². The molecule has 10 aromatic rings. The quantitative estimate of drug-likeness (QED) is 0.136. The Kier molecular flexibility index (Phi) is 13.1. The van der Waals surface area contributed by atoms with Crippen LogP contribution in [0.25, 0.3) is 77.3 Å². The number of hydrogen-bond donors (Lipinski definition) is 2. The summed E-state index contributed by atoms with van der Waals surface area (Å²) in [5.41, 5.74) is 10.6. The maximum absolute atomic E-state index is 9.24. The SMILES string of the molecule is Brc1ccccc1-c1ccccc1-c1cccc2c1oc1ccccc12.Brc1ccccc1-c1ccccc1Br.OB(O)c1cccc2c1oc1ccccc12.[I-]. The average Bonchev–Trinajstić information content (AvgIpc) is 3.81. The van der Waals surface area contributed by atoms with Crippen LogP contribution in [0.1, 0.15) is 0 Å². The molecule has 2 aromatic heterocycles. The van der Waals surface area contributed by atoms with E-state index in [0.29, 0.717) is 11.0 Å². The molecule has 0 aliphatic rings. The minimum atomic E-state index is -1.51. The highest BCUT2D eigenvalue weighted by atomic mass is 127. The van der Waals surface area contributed by atoms with Crippen LogP contribution < -0.4 is 29.4 Å². The number of halogens is 4. The summed E-state index contributed by atoms with van der Waals surface area (Å²) in [6, 6.07) is 60.8. The molecule has 8 aromatic carbocycles. The summed E-state index contributed by atoms with van der Waals surface area (Å²) in [4.78, 5) is 0. The summed E-state index contributed by atoms with van der Waals surface area (Å²) in [5.74, 6) is 0. The zero-order valence-electron chi connectivity index (χ0n) is 30.1. The van der Waals surface area contributed by atoms with Crippen LogP contribution in [0.15, 0.2) is 204 Å². The van der Waals surface area contributed by atoms with Crippen molar-refractivity contribution in [1.29, 1.82) is 0 Å². The van der Waals surface area contributed by atoms with Crippen molar-refractivity contribution >= 4 is 104 Å². The highest BCUT2D eigenvalue weighted by molar-refractivity contribution is 9.11. The van der Waals surface area contributed by atoms with Crippen molar-refractivity contribution in [2.24, 2.45) is 0 Å². The topological polar surface area (TPSA) is 66.7 Å². The van der Waals surface area contributed by atoms with E-state index in [1.54, 1.807) is 12.1 Å². The Morgan fingerprint density at radius 1 is 0.333 bits per heavy atom.